The normalized spacial score (nSPS) is 14.9. The summed E-state index contributed by atoms with van der Waals surface area (Å²) in [4.78, 5) is 21.8. The highest BCUT2D eigenvalue weighted by Crippen LogP contribution is 2.22. The number of piperidine rings is 1. The molecule has 0 N–H and O–H groups in total. The van der Waals surface area contributed by atoms with Gasteiger partial charge in [0.2, 0.25) is 0 Å². The summed E-state index contributed by atoms with van der Waals surface area (Å²) in [6.07, 6.45) is 8.33. The number of amides is 1. The van der Waals surface area contributed by atoms with Crippen LogP contribution in [0.3, 0.4) is 0 Å². The van der Waals surface area contributed by atoms with Gasteiger partial charge in [0.05, 0.1) is 5.56 Å². The first-order chi connectivity index (χ1) is 15.8. The van der Waals surface area contributed by atoms with Crippen LogP contribution in [-0.4, -0.2) is 46.9 Å². The minimum Gasteiger partial charge on any atom is -0.333 e. The van der Waals surface area contributed by atoms with Crippen molar-refractivity contribution < 1.29 is 4.79 Å². The average Bonchev–Trinajstić information content (AvgIpc) is 2.87. The first-order valence-corrected chi connectivity index (χ1v) is 11.8. The van der Waals surface area contributed by atoms with Gasteiger partial charge in [-0.2, -0.15) is 0 Å². The monoisotopic (exact) mass is 427 g/mol. The van der Waals surface area contributed by atoms with Crippen molar-refractivity contribution in [1.29, 1.82) is 0 Å². The second-order valence-corrected chi connectivity index (χ2v) is 8.76. The van der Waals surface area contributed by atoms with Gasteiger partial charge >= 0.3 is 0 Å². The number of nitrogens with zero attached hydrogens (tertiary/aromatic N) is 3. The molecule has 0 radical (unpaired) electrons. The summed E-state index contributed by atoms with van der Waals surface area (Å²) in [5, 5.41) is 0. The Morgan fingerprint density at radius 1 is 0.906 bits per heavy atom. The zero-order valence-corrected chi connectivity index (χ0v) is 18.8. The van der Waals surface area contributed by atoms with Gasteiger partial charge in [-0.15, -0.1) is 0 Å². The van der Waals surface area contributed by atoms with E-state index in [-0.39, 0.29) is 5.91 Å². The molecule has 166 valence electrons. The van der Waals surface area contributed by atoms with Crippen LogP contribution in [0.4, 0.5) is 0 Å². The molecule has 1 saturated heterocycles. The van der Waals surface area contributed by atoms with Gasteiger partial charge in [-0.25, -0.2) is 0 Å². The molecule has 1 aliphatic rings. The van der Waals surface area contributed by atoms with Crippen molar-refractivity contribution in [3.63, 3.8) is 0 Å². The second kappa shape index (κ2) is 11.6. The van der Waals surface area contributed by atoms with E-state index in [2.05, 4.69) is 52.3 Å². The zero-order chi connectivity index (χ0) is 22.0. The van der Waals surface area contributed by atoms with Crippen LogP contribution in [-0.2, 0) is 13.0 Å². The maximum atomic E-state index is 13.2. The lowest BCUT2D eigenvalue weighted by Gasteiger charge is -2.34. The molecular formula is C28H33N3O. The third-order valence-corrected chi connectivity index (χ3v) is 6.49. The highest BCUT2D eigenvalue weighted by atomic mass is 16.2. The van der Waals surface area contributed by atoms with Gasteiger partial charge in [0.15, 0.2) is 0 Å². The Balaban J connectivity index is 1.28. The van der Waals surface area contributed by atoms with Crippen LogP contribution in [0.15, 0.2) is 85.2 Å². The predicted molar refractivity (Wildman–Crippen MR) is 129 cm³/mol. The molecule has 0 saturated carbocycles. The number of carbonyl (C=O) groups excluding carboxylic acids is 1. The van der Waals surface area contributed by atoms with Crippen LogP contribution in [0, 0.1) is 5.92 Å². The number of benzene rings is 2. The van der Waals surface area contributed by atoms with Crippen LogP contribution in [0.25, 0.3) is 0 Å². The highest BCUT2D eigenvalue weighted by Gasteiger charge is 2.21. The standard InChI is InChI=1S/C28H33N3O/c32-28(27-12-7-17-29-22-27)31(23-26-10-5-2-6-11-26)21-20-30-18-15-25(16-19-30)14-13-24-8-3-1-4-9-24/h1-12,17,22,25H,13-16,18-21,23H2. The van der Waals surface area contributed by atoms with E-state index in [1.54, 1.807) is 12.4 Å². The molecule has 0 unspecified atom stereocenters. The Bertz CT molecular complexity index is 938. The van der Waals surface area contributed by atoms with Gasteiger partial charge in [-0.3, -0.25) is 9.78 Å². The number of aromatic nitrogens is 1. The quantitative estimate of drug-likeness (QED) is 0.478. The fourth-order valence-corrected chi connectivity index (χ4v) is 4.50. The average molecular weight is 428 g/mol. The summed E-state index contributed by atoms with van der Waals surface area (Å²) in [6, 6.07) is 24.7. The number of aryl methyl sites for hydroxylation is 1. The minimum atomic E-state index is 0.0553. The molecule has 4 rings (SSSR count). The number of hydrogen-bond donors (Lipinski definition) is 0. The van der Waals surface area contributed by atoms with Crippen molar-refractivity contribution in [2.24, 2.45) is 5.92 Å². The molecule has 4 heteroatoms. The summed E-state index contributed by atoms with van der Waals surface area (Å²) in [6.45, 7) is 4.53. The molecular weight excluding hydrogens is 394 g/mol. The summed E-state index contributed by atoms with van der Waals surface area (Å²) >= 11 is 0. The Labute approximate surface area is 191 Å². The molecule has 1 aromatic heterocycles. The summed E-state index contributed by atoms with van der Waals surface area (Å²) in [7, 11) is 0. The lowest BCUT2D eigenvalue weighted by molar-refractivity contribution is 0.0706. The van der Waals surface area contributed by atoms with Crippen LogP contribution in [0.5, 0.6) is 0 Å². The van der Waals surface area contributed by atoms with Crippen molar-refractivity contribution >= 4 is 5.91 Å². The summed E-state index contributed by atoms with van der Waals surface area (Å²) in [5.74, 6) is 0.864. The molecule has 0 bridgehead atoms. The van der Waals surface area contributed by atoms with E-state index in [0.717, 1.165) is 37.7 Å². The first-order valence-electron chi connectivity index (χ1n) is 11.8. The number of hydrogen-bond acceptors (Lipinski definition) is 3. The van der Waals surface area contributed by atoms with E-state index in [9.17, 15) is 4.79 Å². The molecule has 2 heterocycles. The van der Waals surface area contributed by atoms with Crippen LogP contribution >= 0.6 is 0 Å². The van der Waals surface area contributed by atoms with Crippen molar-refractivity contribution in [2.75, 3.05) is 26.2 Å². The summed E-state index contributed by atoms with van der Waals surface area (Å²) in [5.41, 5.74) is 3.26. The Kier molecular flexibility index (Phi) is 8.05. The van der Waals surface area contributed by atoms with E-state index in [4.69, 9.17) is 0 Å². The third kappa shape index (κ3) is 6.51. The Hall–Kier alpha value is -2.98. The van der Waals surface area contributed by atoms with Crippen molar-refractivity contribution in [3.8, 4) is 0 Å². The largest absolute Gasteiger partial charge is 0.333 e. The molecule has 0 aliphatic carbocycles. The number of pyridine rings is 1. The SMILES string of the molecule is O=C(c1cccnc1)N(CCN1CCC(CCc2ccccc2)CC1)Cc1ccccc1. The van der Waals surface area contributed by atoms with Crippen molar-refractivity contribution in [2.45, 2.75) is 32.2 Å². The molecule has 32 heavy (non-hydrogen) atoms. The molecule has 4 nitrogen and oxygen atoms in total. The van der Waals surface area contributed by atoms with Gasteiger partial charge in [0.1, 0.15) is 0 Å². The fraction of sp³-hybridized carbons (Fsp3) is 0.357. The van der Waals surface area contributed by atoms with Gasteiger partial charge in [0.25, 0.3) is 5.91 Å². The molecule has 1 amide bonds. The van der Waals surface area contributed by atoms with Gasteiger partial charge in [-0.05, 0) is 68.0 Å². The van der Waals surface area contributed by atoms with Gasteiger partial charge in [-0.1, -0.05) is 60.7 Å². The van der Waals surface area contributed by atoms with E-state index in [1.165, 1.54) is 31.2 Å². The molecule has 1 fully saturated rings. The number of rotatable bonds is 9. The third-order valence-electron chi connectivity index (χ3n) is 6.49. The molecule has 1 aliphatic heterocycles. The summed E-state index contributed by atoms with van der Waals surface area (Å²) < 4.78 is 0. The van der Waals surface area contributed by atoms with Crippen molar-refractivity contribution in [3.05, 3.63) is 102 Å². The van der Waals surface area contributed by atoms with Crippen molar-refractivity contribution in [1.82, 2.24) is 14.8 Å². The minimum absolute atomic E-state index is 0.0553. The molecule has 2 aromatic carbocycles. The fourth-order valence-electron chi connectivity index (χ4n) is 4.50. The highest BCUT2D eigenvalue weighted by molar-refractivity contribution is 5.93. The van der Waals surface area contributed by atoms with Crippen LogP contribution in [0.2, 0.25) is 0 Å². The maximum Gasteiger partial charge on any atom is 0.255 e. The van der Waals surface area contributed by atoms with E-state index in [1.807, 2.05) is 35.2 Å². The Morgan fingerprint density at radius 3 is 2.25 bits per heavy atom. The topological polar surface area (TPSA) is 36.4 Å². The number of likely N-dealkylation sites (tertiary alicyclic amines) is 1. The van der Waals surface area contributed by atoms with Gasteiger partial charge < -0.3 is 9.80 Å². The number of carbonyl (C=O) groups is 1. The first kappa shape index (κ1) is 22.2. The van der Waals surface area contributed by atoms with Crippen LogP contribution in [0.1, 0.15) is 40.7 Å². The maximum absolute atomic E-state index is 13.2. The predicted octanol–water partition coefficient (Wildman–Crippen LogP) is 5.07. The smallest absolute Gasteiger partial charge is 0.255 e. The lowest BCUT2D eigenvalue weighted by atomic mass is 9.90. The van der Waals surface area contributed by atoms with Crippen LogP contribution < -0.4 is 0 Å². The van der Waals surface area contributed by atoms with E-state index < -0.39 is 0 Å². The Morgan fingerprint density at radius 2 is 1.59 bits per heavy atom. The molecule has 3 aromatic rings. The van der Waals surface area contributed by atoms with E-state index >= 15 is 0 Å². The zero-order valence-electron chi connectivity index (χ0n) is 18.8. The van der Waals surface area contributed by atoms with E-state index in [0.29, 0.717) is 12.1 Å². The second-order valence-electron chi connectivity index (χ2n) is 8.76. The lowest BCUT2D eigenvalue weighted by Crippen LogP contribution is -2.41. The van der Waals surface area contributed by atoms with Gasteiger partial charge in [0, 0.05) is 32.0 Å². The molecule has 0 atom stereocenters. The molecule has 0 spiro atoms.